The second kappa shape index (κ2) is 4.69. The molecule has 0 amide bonds. The van der Waals surface area contributed by atoms with Crippen LogP contribution in [0, 0.1) is 10.8 Å². The van der Waals surface area contributed by atoms with Gasteiger partial charge in [-0.3, -0.25) is 4.79 Å². The van der Waals surface area contributed by atoms with Crippen molar-refractivity contribution in [3.8, 4) is 0 Å². The van der Waals surface area contributed by atoms with E-state index in [1.165, 1.54) is 0 Å². The quantitative estimate of drug-likeness (QED) is 0.748. The largest absolute Gasteiger partial charge is 0.358 e. The van der Waals surface area contributed by atoms with E-state index < -0.39 is 5.41 Å². The summed E-state index contributed by atoms with van der Waals surface area (Å²) in [5.74, 6) is 0.154. The van der Waals surface area contributed by atoms with Gasteiger partial charge >= 0.3 is 0 Å². The molecule has 1 aliphatic rings. The maximum Gasteiger partial charge on any atom is 0.177 e. The summed E-state index contributed by atoms with van der Waals surface area (Å²) < 4.78 is 0. The van der Waals surface area contributed by atoms with Crippen LogP contribution in [0.25, 0.3) is 0 Å². The average Bonchev–Trinajstić information content (AvgIpc) is 2.39. The predicted octanol–water partition coefficient (Wildman–Crippen LogP) is 3.87. The highest BCUT2D eigenvalue weighted by molar-refractivity contribution is 6.03. The van der Waals surface area contributed by atoms with E-state index in [1.54, 1.807) is 0 Å². The second-order valence-corrected chi connectivity index (χ2v) is 6.11. The third-order valence-corrected chi connectivity index (χ3v) is 3.80. The molecule has 0 spiro atoms. The summed E-state index contributed by atoms with van der Waals surface area (Å²) in [5, 5.41) is 0. The Morgan fingerprint density at radius 2 is 1.58 bits per heavy atom. The zero-order valence-electron chi connectivity index (χ0n) is 12.1. The number of rotatable bonds is 2. The first-order valence-electron chi connectivity index (χ1n) is 6.57. The summed E-state index contributed by atoms with van der Waals surface area (Å²) in [6.07, 6.45) is 7.96. The molecule has 19 heavy (non-hydrogen) atoms. The van der Waals surface area contributed by atoms with Crippen molar-refractivity contribution in [1.82, 2.24) is 4.90 Å². The van der Waals surface area contributed by atoms with E-state index >= 15 is 0 Å². The van der Waals surface area contributed by atoms with Gasteiger partial charge in [-0.1, -0.05) is 51.1 Å². The molecule has 1 aliphatic heterocycles. The topological polar surface area (TPSA) is 20.3 Å². The van der Waals surface area contributed by atoms with Crippen LogP contribution in [-0.4, -0.2) is 17.7 Å². The molecular formula is C17H21NO. The lowest BCUT2D eigenvalue weighted by Gasteiger charge is -2.41. The Kier molecular flexibility index (Phi) is 3.36. The molecule has 2 heteroatoms. The number of Topliss-reactive ketones (excluding diaryl/α,β-unsaturated/α-hetero) is 1. The highest BCUT2D eigenvalue weighted by Gasteiger charge is 2.45. The van der Waals surface area contributed by atoms with Crippen LogP contribution in [0.1, 0.15) is 31.1 Å². The molecule has 0 bridgehead atoms. The molecule has 0 aromatic heterocycles. The van der Waals surface area contributed by atoms with Gasteiger partial charge in [0.15, 0.2) is 5.78 Å². The minimum absolute atomic E-state index is 0.154. The van der Waals surface area contributed by atoms with Gasteiger partial charge in [-0.2, -0.15) is 0 Å². The molecule has 2 rings (SSSR count). The zero-order chi connectivity index (χ0) is 14.1. The van der Waals surface area contributed by atoms with Gasteiger partial charge in [0.05, 0.1) is 5.41 Å². The van der Waals surface area contributed by atoms with Gasteiger partial charge in [0.25, 0.3) is 0 Å². The number of nitrogens with zero attached hydrogens (tertiary/aromatic N) is 1. The van der Waals surface area contributed by atoms with E-state index in [-0.39, 0.29) is 11.2 Å². The zero-order valence-corrected chi connectivity index (χ0v) is 12.1. The Morgan fingerprint density at radius 1 is 1.05 bits per heavy atom. The minimum Gasteiger partial charge on any atom is -0.358 e. The number of hydrogen-bond acceptors (Lipinski definition) is 2. The van der Waals surface area contributed by atoms with Crippen LogP contribution in [0.2, 0.25) is 0 Å². The lowest BCUT2D eigenvalue weighted by Crippen LogP contribution is -2.41. The van der Waals surface area contributed by atoms with Crippen LogP contribution in [0.4, 0.5) is 0 Å². The first-order valence-corrected chi connectivity index (χ1v) is 6.57. The maximum absolute atomic E-state index is 13.0. The molecule has 0 atom stereocenters. The van der Waals surface area contributed by atoms with E-state index in [9.17, 15) is 4.79 Å². The van der Waals surface area contributed by atoms with Crippen LogP contribution >= 0.6 is 0 Å². The fourth-order valence-corrected chi connectivity index (χ4v) is 2.40. The molecule has 0 fully saturated rings. The van der Waals surface area contributed by atoms with Crippen molar-refractivity contribution in [3.63, 3.8) is 0 Å². The van der Waals surface area contributed by atoms with Crippen LogP contribution in [-0.2, 0) is 0 Å². The lowest BCUT2D eigenvalue weighted by molar-refractivity contribution is 0.0754. The van der Waals surface area contributed by atoms with Gasteiger partial charge in [0.2, 0.25) is 0 Å². The maximum atomic E-state index is 13.0. The first-order chi connectivity index (χ1) is 8.87. The molecule has 1 aromatic rings. The number of benzene rings is 1. The Morgan fingerprint density at radius 3 is 2.05 bits per heavy atom. The molecule has 0 unspecified atom stereocenters. The SMILES string of the molecule is CN1C=CC(C(=O)c2ccccc2)(C(C)(C)C)C=C1. The minimum atomic E-state index is -0.582. The van der Waals surface area contributed by atoms with Crippen LogP contribution in [0.3, 0.4) is 0 Å². The molecule has 2 nitrogen and oxygen atoms in total. The van der Waals surface area contributed by atoms with E-state index in [2.05, 4.69) is 20.8 Å². The summed E-state index contributed by atoms with van der Waals surface area (Å²) in [6, 6.07) is 9.52. The molecule has 0 saturated carbocycles. The first kappa shape index (κ1) is 13.6. The summed E-state index contributed by atoms with van der Waals surface area (Å²) >= 11 is 0. The summed E-state index contributed by atoms with van der Waals surface area (Å²) in [6.45, 7) is 6.32. The Balaban J connectivity index is 2.50. The number of allylic oxidation sites excluding steroid dienone is 2. The second-order valence-electron chi connectivity index (χ2n) is 6.11. The molecule has 0 radical (unpaired) electrons. The smallest absolute Gasteiger partial charge is 0.177 e. The molecule has 0 aliphatic carbocycles. The molecule has 0 saturated heterocycles. The number of carbonyl (C=O) groups is 1. The van der Waals surface area contributed by atoms with Crippen molar-refractivity contribution < 1.29 is 4.79 Å². The average molecular weight is 255 g/mol. The fourth-order valence-electron chi connectivity index (χ4n) is 2.40. The summed E-state index contributed by atoms with van der Waals surface area (Å²) in [7, 11) is 1.96. The molecule has 1 aromatic carbocycles. The monoisotopic (exact) mass is 255 g/mol. The standard InChI is InChI=1S/C17H21NO/c1-16(2,3)17(10-12-18(4)13-11-17)15(19)14-8-6-5-7-9-14/h5-13H,1-4H3. The van der Waals surface area contributed by atoms with E-state index in [0.717, 1.165) is 5.56 Å². The van der Waals surface area contributed by atoms with Crippen molar-refractivity contribution in [2.24, 2.45) is 10.8 Å². The van der Waals surface area contributed by atoms with Gasteiger partial charge < -0.3 is 4.90 Å². The van der Waals surface area contributed by atoms with Gasteiger partial charge in [-0.05, 0) is 17.6 Å². The number of carbonyl (C=O) groups excluding carboxylic acids is 1. The predicted molar refractivity (Wildman–Crippen MR) is 78.7 cm³/mol. The third kappa shape index (κ3) is 2.35. The molecule has 0 N–H and O–H groups in total. The van der Waals surface area contributed by atoms with Crippen molar-refractivity contribution >= 4 is 5.78 Å². The Labute approximate surface area is 115 Å². The lowest BCUT2D eigenvalue weighted by atomic mass is 9.62. The highest BCUT2D eigenvalue weighted by atomic mass is 16.1. The van der Waals surface area contributed by atoms with Gasteiger partial charge in [-0.15, -0.1) is 0 Å². The number of ketones is 1. The molecule has 100 valence electrons. The van der Waals surface area contributed by atoms with Crippen LogP contribution in [0.15, 0.2) is 54.9 Å². The Bertz CT molecular complexity index is 506. The summed E-state index contributed by atoms with van der Waals surface area (Å²) in [5.41, 5.74) is 0.00553. The van der Waals surface area contributed by atoms with Gasteiger partial charge in [0, 0.05) is 25.0 Å². The molecular weight excluding hydrogens is 234 g/mol. The fraction of sp³-hybridized carbons (Fsp3) is 0.353. The van der Waals surface area contributed by atoms with Gasteiger partial charge in [0.1, 0.15) is 0 Å². The van der Waals surface area contributed by atoms with Crippen LogP contribution in [0.5, 0.6) is 0 Å². The number of hydrogen-bond donors (Lipinski definition) is 0. The highest BCUT2D eigenvalue weighted by Crippen LogP contribution is 2.45. The van der Waals surface area contributed by atoms with Gasteiger partial charge in [-0.25, -0.2) is 0 Å². The summed E-state index contributed by atoms with van der Waals surface area (Å²) in [4.78, 5) is 14.9. The third-order valence-electron chi connectivity index (χ3n) is 3.80. The Hall–Kier alpha value is -1.83. The van der Waals surface area contributed by atoms with Crippen molar-refractivity contribution in [2.45, 2.75) is 20.8 Å². The normalized spacial score (nSPS) is 17.6. The van der Waals surface area contributed by atoms with E-state index in [1.807, 2.05) is 66.8 Å². The van der Waals surface area contributed by atoms with E-state index in [0.29, 0.717) is 0 Å². The van der Waals surface area contributed by atoms with Crippen LogP contribution < -0.4 is 0 Å². The van der Waals surface area contributed by atoms with Crippen molar-refractivity contribution in [2.75, 3.05) is 7.05 Å². The molecule has 1 heterocycles. The van der Waals surface area contributed by atoms with Crippen molar-refractivity contribution in [3.05, 3.63) is 60.4 Å². The van der Waals surface area contributed by atoms with Crippen molar-refractivity contribution in [1.29, 1.82) is 0 Å². The van der Waals surface area contributed by atoms with E-state index in [4.69, 9.17) is 0 Å².